The van der Waals surface area contributed by atoms with E-state index in [2.05, 4.69) is 4.98 Å². The summed E-state index contributed by atoms with van der Waals surface area (Å²) in [5.74, 6) is 2.73. The molecule has 0 amide bonds. The Morgan fingerprint density at radius 2 is 1.42 bits per heavy atom. The van der Waals surface area contributed by atoms with E-state index in [1.54, 1.807) is 28.4 Å². The Morgan fingerprint density at radius 1 is 0.708 bits per heavy atom. The van der Waals surface area contributed by atoms with Gasteiger partial charge in [-0.25, -0.2) is 4.98 Å². The molecule has 0 N–H and O–H groups in total. The third-order valence-electron chi connectivity index (χ3n) is 3.88. The topological polar surface area (TPSA) is 49.8 Å². The van der Waals surface area contributed by atoms with Gasteiger partial charge < -0.3 is 18.9 Å². The lowest BCUT2D eigenvalue weighted by molar-refractivity contribution is 0.395. The molecule has 5 heteroatoms. The number of rotatable bonds is 5. The highest BCUT2D eigenvalue weighted by Crippen LogP contribution is 2.37. The van der Waals surface area contributed by atoms with Crippen LogP contribution in [0.1, 0.15) is 0 Å². The van der Waals surface area contributed by atoms with Crippen LogP contribution in [0.2, 0.25) is 0 Å². The number of ether oxygens (including phenoxy) is 4. The summed E-state index contributed by atoms with van der Waals surface area (Å²) >= 11 is 0. The molecule has 1 heterocycles. The fourth-order valence-corrected chi connectivity index (χ4v) is 2.62. The molecule has 0 aliphatic rings. The molecule has 5 nitrogen and oxygen atoms in total. The molecule has 0 radical (unpaired) electrons. The summed E-state index contributed by atoms with van der Waals surface area (Å²) in [6.07, 6.45) is 0. The molecular formula is C19H19NO4. The van der Waals surface area contributed by atoms with Crippen molar-refractivity contribution >= 4 is 10.9 Å². The summed E-state index contributed by atoms with van der Waals surface area (Å²) in [4.78, 5) is 4.62. The second-order valence-corrected chi connectivity index (χ2v) is 5.17. The summed E-state index contributed by atoms with van der Waals surface area (Å²) in [7, 11) is 6.50. The Labute approximate surface area is 140 Å². The molecule has 124 valence electrons. The van der Waals surface area contributed by atoms with Gasteiger partial charge in [-0.3, -0.25) is 0 Å². The summed E-state index contributed by atoms with van der Waals surface area (Å²) < 4.78 is 21.5. The minimum absolute atomic E-state index is 0.544. The predicted octanol–water partition coefficient (Wildman–Crippen LogP) is 3.94. The maximum Gasteiger partial charge on any atom is 0.221 e. The van der Waals surface area contributed by atoms with Gasteiger partial charge in [0.1, 0.15) is 17.2 Å². The van der Waals surface area contributed by atoms with Gasteiger partial charge in [0.2, 0.25) is 5.88 Å². The number of pyridine rings is 1. The van der Waals surface area contributed by atoms with Crippen molar-refractivity contribution < 1.29 is 18.9 Å². The number of benzene rings is 2. The van der Waals surface area contributed by atoms with E-state index in [1.165, 1.54) is 0 Å². The second kappa shape index (κ2) is 6.66. The lowest BCUT2D eigenvalue weighted by Crippen LogP contribution is -1.96. The molecule has 0 unspecified atom stereocenters. The van der Waals surface area contributed by atoms with E-state index in [0.717, 1.165) is 27.8 Å². The van der Waals surface area contributed by atoms with E-state index in [1.807, 2.05) is 42.5 Å². The van der Waals surface area contributed by atoms with Crippen molar-refractivity contribution in [3.8, 4) is 34.3 Å². The van der Waals surface area contributed by atoms with E-state index < -0.39 is 0 Å². The van der Waals surface area contributed by atoms with Crippen LogP contribution in [0.15, 0.2) is 42.5 Å². The zero-order valence-corrected chi connectivity index (χ0v) is 14.1. The van der Waals surface area contributed by atoms with Crippen molar-refractivity contribution in [2.45, 2.75) is 0 Å². The van der Waals surface area contributed by atoms with E-state index in [9.17, 15) is 0 Å². The van der Waals surface area contributed by atoms with Gasteiger partial charge in [0.25, 0.3) is 0 Å². The van der Waals surface area contributed by atoms with Crippen molar-refractivity contribution in [3.63, 3.8) is 0 Å². The maximum absolute atomic E-state index is 5.49. The third-order valence-corrected chi connectivity index (χ3v) is 3.88. The Hall–Kier alpha value is -2.95. The van der Waals surface area contributed by atoms with E-state index in [-0.39, 0.29) is 0 Å². The molecule has 0 spiro atoms. The molecule has 0 atom stereocenters. The maximum atomic E-state index is 5.49. The molecule has 0 bridgehead atoms. The monoisotopic (exact) mass is 325 g/mol. The average Bonchev–Trinajstić information content (AvgIpc) is 2.65. The van der Waals surface area contributed by atoms with Crippen LogP contribution in [0.3, 0.4) is 0 Å². The van der Waals surface area contributed by atoms with Gasteiger partial charge in [-0.1, -0.05) is 12.1 Å². The number of fused-ring (bicyclic) bond motifs is 1. The molecule has 0 aliphatic carbocycles. The zero-order valence-electron chi connectivity index (χ0n) is 14.1. The number of hydrogen-bond donors (Lipinski definition) is 0. The molecule has 2 aromatic carbocycles. The van der Waals surface area contributed by atoms with E-state index in [4.69, 9.17) is 18.9 Å². The van der Waals surface area contributed by atoms with Crippen LogP contribution in [0.25, 0.3) is 22.0 Å². The normalized spacial score (nSPS) is 10.5. The van der Waals surface area contributed by atoms with Crippen LogP contribution in [0, 0.1) is 0 Å². The summed E-state index contributed by atoms with van der Waals surface area (Å²) in [6.45, 7) is 0. The minimum atomic E-state index is 0.544. The third kappa shape index (κ3) is 2.80. The van der Waals surface area contributed by atoms with Gasteiger partial charge in [-0.05, 0) is 23.8 Å². The van der Waals surface area contributed by atoms with Crippen molar-refractivity contribution in [1.82, 2.24) is 4.98 Å². The number of hydrogen-bond acceptors (Lipinski definition) is 5. The number of nitrogens with zero attached hydrogens (tertiary/aromatic N) is 1. The van der Waals surface area contributed by atoms with Gasteiger partial charge in [-0.15, -0.1) is 0 Å². The van der Waals surface area contributed by atoms with Crippen LogP contribution in [-0.4, -0.2) is 33.4 Å². The van der Waals surface area contributed by atoms with Crippen LogP contribution >= 0.6 is 0 Å². The lowest BCUT2D eigenvalue weighted by atomic mass is 10.0. The first-order valence-corrected chi connectivity index (χ1v) is 7.45. The largest absolute Gasteiger partial charge is 0.497 e. The van der Waals surface area contributed by atoms with Crippen LogP contribution < -0.4 is 18.9 Å². The highest BCUT2D eigenvalue weighted by Gasteiger charge is 2.14. The fraction of sp³-hybridized carbons (Fsp3) is 0.211. The zero-order chi connectivity index (χ0) is 17.1. The molecule has 3 rings (SSSR count). The molecule has 1 aromatic heterocycles. The molecule has 0 saturated carbocycles. The molecule has 0 saturated heterocycles. The van der Waals surface area contributed by atoms with Gasteiger partial charge in [-0.2, -0.15) is 0 Å². The summed E-state index contributed by atoms with van der Waals surface area (Å²) in [6, 6.07) is 13.5. The molecule has 24 heavy (non-hydrogen) atoms. The summed E-state index contributed by atoms with van der Waals surface area (Å²) in [5, 5.41) is 0.893. The van der Waals surface area contributed by atoms with Crippen molar-refractivity contribution in [2.24, 2.45) is 0 Å². The quantitative estimate of drug-likeness (QED) is 0.711. The Morgan fingerprint density at radius 3 is 2.00 bits per heavy atom. The minimum Gasteiger partial charge on any atom is -0.497 e. The fourth-order valence-electron chi connectivity index (χ4n) is 2.62. The van der Waals surface area contributed by atoms with Gasteiger partial charge >= 0.3 is 0 Å². The average molecular weight is 325 g/mol. The lowest BCUT2D eigenvalue weighted by Gasteiger charge is -2.13. The molecule has 0 fully saturated rings. The highest BCUT2D eigenvalue weighted by atomic mass is 16.5. The predicted molar refractivity (Wildman–Crippen MR) is 93.4 cm³/mol. The van der Waals surface area contributed by atoms with Gasteiger partial charge in [0, 0.05) is 23.1 Å². The smallest absolute Gasteiger partial charge is 0.221 e. The first-order valence-electron chi connectivity index (χ1n) is 7.45. The SMILES string of the molecule is COc1ccc(-c2cc3c(OC)cc(OC)cc3nc2OC)cc1. The van der Waals surface area contributed by atoms with Crippen LogP contribution in [0.5, 0.6) is 23.1 Å². The first kappa shape index (κ1) is 15.9. The van der Waals surface area contributed by atoms with Crippen molar-refractivity contribution in [2.75, 3.05) is 28.4 Å². The van der Waals surface area contributed by atoms with Gasteiger partial charge in [0.15, 0.2) is 0 Å². The molecular weight excluding hydrogens is 306 g/mol. The molecule has 0 aliphatic heterocycles. The molecule has 3 aromatic rings. The highest BCUT2D eigenvalue weighted by molar-refractivity contribution is 5.92. The standard InChI is InChI=1S/C19H19NO4/c1-21-13-7-5-12(6-8-13)15-11-16-17(20-19(15)24-4)9-14(22-2)10-18(16)23-3/h5-11H,1-4H3. The van der Waals surface area contributed by atoms with Crippen LogP contribution in [-0.2, 0) is 0 Å². The van der Waals surface area contributed by atoms with E-state index >= 15 is 0 Å². The van der Waals surface area contributed by atoms with Crippen molar-refractivity contribution in [1.29, 1.82) is 0 Å². The first-order chi connectivity index (χ1) is 11.7. The number of methoxy groups -OCH3 is 4. The summed E-state index contributed by atoms with van der Waals surface area (Å²) in [5.41, 5.74) is 2.62. The van der Waals surface area contributed by atoms with Crippen molar-refractivity contribution in [3.05, 3.63) is 42.5 Å². The Balaban J connectivity index is 2.23. The van der Waals surface area contributed by atoms with Gasteiger partial charge in [0.05, 0.1) is 34.0 Å². The number of aromatic nitrogens is 1. The Bertz CT molecular complexity index is 859. The Kier molecular flexibility index (Phi) is 4.42. The second-order valence-electron chi connectivity index (χ2n) is 5.17. The van der Waals surface area contributed by atoms with E-state index in [0.29, 0.717) is 17.4 Å². The van der Waals surface area contributed by atoms with Crippen LogP contribution in [0.4, 0.5) is 0 Å².